The van der Waals surface area contributed by atoms with Crippen LogP contribution < -0.4 is 0 Å². The van der Waals surface area contributed by atoms with Gasteiger partial charge in [-0.15, -0.1) is 0 Å². The van der Waals surface area contributed by atoms with Gasteiger partial charge in [-0.1, -0.05) is 0 Å². The first-order valence-electron chi connectivity index (χ1n) is 5.27. The highest BCUT2D eigenvalue weighted by Crippen LogP contribution is 2.12. The standard InChI is InChI=1S/C7H6O4.C6H6O2/c1-4-2-5(3-8)11-6(4)7(9)10;1-5-2-6(3-7)8-4-5/h2-3H,1H3,(H,9,10);2-4H,1H3. The lowest BCUT2D eigenvalue weighted by Crippen LogP contribution is -1.94. The average Bonchev–Trinajstić information content (AvgIpc) is 2.95. The molecule has 0 aliphatic rings. The van der Waals surface area contributed by atoms with Crippen molar-refractivity contribution < 1.29 is 28.3 Å². The number of carboxylic acids is 1. The number of carbonyl (C=O) groups is 3. The molecular weight excluding hydrogens is 252 g/mol. The van der Waals surface area contributed by atoms with Crippen LogP contribution in [0.2, 0.25) is 0 Å². The molecule has 0 radical (unpaired) electrons. The number of rotatable bonds is 3. The van der Waals surface area contributed by atoms with Crippen molar-refractivity contribution >= 4 is 18.5 Å². The molecule has 0 aliphatic heterocycles. The molecule has 2 aromatic rings. The molecule has 0 atom stereocenters. The fraction of sp³-hybridized carbons (Fsp3) is 0.154. The molecule has 2 rings (SSSR count). The third-order valence-electron chi connectivity index (χ3n) is 2.11. The molecule has 0 saturated carbocycles. The molecule has 0 aliphatic carbocycles. The van der Waals surface area contributed by atoms with Crippen LogP contribution in [0.4, 0.5) is 0 Å². The molecule has 100 valence electrons. The number of aromatic carboxylic acids is 1. The van der Waals surface area contributed by atoms with Gasteiger partial charge in [-0.25, -0.2) is 4.79 Å². The van der Waals surface area contributed by atoms with Crippen LogP contribution in [0.25, 0.3) is 0 Å². The maximum Gasteiger partial charge on any atom is 0.372 e. The van der Waals surface area contributed by atoms with Crippen molar-refractivity contribution in [2.24, 2.45) is 0 Å². The van der Waals surface area contributed by atoms with Gasteiger partial charge in [-0.05, 0) is 31.5 Å². The van der Waals surface area contributed by atoms with Gasteiger partial charge in [0.25, 0.3) is 0 Å². The fourth-order valence-corrected chi connectivity index (χ4v) is 1.29. The van der Waals surface area contributed by atoms with E-state index in [0.717, 1.165) is 5.56 Å². The van der Waals surface area contributed by atoms with Crippen molar-refractivity contribution in [3.8, 4) is 0 Å². The molecule has 0 fully saturated rings. The molecule has 0 bridgehead atoms. The van der Waals surface area contributed by atoms with Gasteiger partial charge in [0, 0.05) is 5.56 Å². The van der Waals surface area contributed by atoms with E-state index >= 15 is 0 Å². The Hall–Kier alpha value is -2.63. The number of aldehydes is 2. The molecule has 19 heavy (non-hydrogen) atoms. The average molecular weight is 264 g/mol. The minimum atomic E-state index is -1.16. The molecule has 0 unspecified atom stereocenters. The molecule has 0 amide bonds. The summed E-state index contributed by atoms with van der Waals surface area (Å²) in [4.78, 5) is 30.4. The van der Waals surface area contributed by atoms with E-state index < -0.39 is 5.97 Å². The van der Waals surface area contributed by atoms with Gasteiger partial charge in [0.1, 0.15) is 0 Å². The highest BCUT2D eigenvalue weighted by Gasteiger charge is 2.13. The number of hydrogen-bond acceptors (Lipinski definition) is 5. The second-order valence-corrected chi connectivity index (χ2v) is 3.73. The molecule has 1 N–H and O–H groups in total. The predicted molar refractivity (Wildman–Crippen MR) is 64.6 cm³/mol. The van der Waals surface area contributed by atoms with E-state index in [4.69, 9.17) is 9.52 Å². The lowest BCUT2D eigenvalue weighted by Gasteiger charge is -1.85. The summed E-state index contributed by atoms with van der Waals surface area (Å²) in [5.41, 5.74) is 1.44. The third kappa shape index (κ3) is 3.95. The second-order valence-electron chi connectivity index (χ2n) is 3.73. The first-order valence-corrected chi connectivity index (χ1v) is 5.27. The molecule has 0 aromatic carbocycles. The van der Waals surface area contributed by atoms with E-state index in [1.54, 1.807) is 19.3 Å². The fourth-order valence-electron chi connectivity index (χ4n) is 1.29. The Morgan fingerprint density at radius 3 is 2.05 bits per heavy atom. The number of aryl methyl sites for hydroxylation is 2. The summed E-state index contributed by atoms with van der Waals surface area (Å²) in [5, 5.41) is 8.46. The second kappa shape index (κ2) is 6.34. The number of carboxylic acid groups (broad SMARTS) is 1. The Morgan fingerprint density at radius 1 is 1.16 bits per heavy atom. The lowest BCUT2D eigenvalue weighted by atomic mass is 10.3. The first kappa shape index (κ1) is 14.4. The first-order chi connectivity index (χ1) is 8.97. The van der Waals surface area contributed by atoms with Crippen molar-refractivity contribution in [3.05, 3.63) is 46.8 Å². The molecular formula is C13H12O6. The minimum absolute atomic E-state index is 0.0416. The van der Waals surface area contributed by atoms with Gasteiger partial charge in [0.15, 0.2) is 24.1 Å². The zero-order valence-corrected chi connectivity index (χ0v) is 10.4. The van der Waals surface area contributed by atoms with Crippen molar-refractivity contribution in [1.29, 1.82) is 0 Å². The zero-order valence-electron chi connectivity index (χ0n) is 10.4. The van der Waals surface area contributed by atoms with Crippen molar-refractivity contribution in [2.75, 3.05) is 0 Å². The SMILES string of the molecule is Cc1cc(C=O)oc1C(=O)O.Cc1coc(C=O)c1. The maximum absolute atomic E-state index is 10.3. The number of hydrogen-bond donors (Lipinski definition) is 1. The largest absolute Gasteiger partial charge is 0.475 e. The molecule has 0 spiro atoms. The summed E-state index contributed by atoms with van der Waals surface area (Å²) in [6, 6.07) is 3.07. The van der Waals surface area contributed by atoms with Crippen molar-refractivity contribution in [1.82, 2.24) is 0 Å². The van der Waals surface area contributed by atoms with Crippen LogP contribution in [0.1, 0.15) is 42.8 Å². The summed E-state index contributed by atoms with van der Waals surface area (Å²) in [5.74, 6) is -0.898. The molecule has 2 aromatic heterocycles. The topological polar surface area (TPSA) is 97.7 Å². The van der Waals surface area contributed by atoms with Crippen LogP contribution in [-0.2, 0) is 0 Å². The van der Waals surface area contributed by atoms with Gasteiger partial charge >= 0.3 is 5.97 Å². The number of furan rings is 2. The summed E-state index contributed by atoms with van der Waals surface area (Å²) in [6.07, 6.45) is 2.70. The minimum Gasteiger partial charge on any atom is -0.475 e. The summed E-state index contributed by atoms with van der Waals surface area (Å²) in [7, 11) is 0. The summed E-state index contributed by atoms with van der Waals surface area (Å²) >= 11 is 0. The van der Waals surface area contributed by atoms with Gasteiger partial charge in [0.05, 0.1) is 6.26 Å². The smallest absolute Gasteiger partial charge is 0.372 e. The van der Waals surface area contributed by atoms with Crippen LogP contribution in [0.5, 0.6) is 0 Å². The normalized spacial score (nSPS) is 9.37. The highest BCUT2D eigenvalue weighted by atomic mass is 16.4. The maximum atomic E-state index is 10.3. The quantitative estimate of drug-likeness (QED) is 0.855. The molecule has 6 heteroatoms. The summed E-state index contributed by atoms with van der Waals surface area (Å²) < 4.78 is 9.40. The molecule has 2 heterocycles. The lowest BCUT2D eigenvalue weighted by molar-refractivity contribution is 0.0660. The van der Waals surface area contributed by atoms with Gasteiger partial charge in [-0.2, -0.15) is 0 Å². The van der Waals surface area contributed by atoms with Crippen molar-refractivity contribution in [3.63, 3.8) is 0 Å². The highest BCUT2D eigenvalue weighted by molar-refractivity contribution is 5.87. The van der Waals surface area contributed by atoms with E-state index in [-0.39, 0.29) is 11.5 Å². The Morgan fingerprint density at radius 2 is 1.79 bits per heavy atom. The monoisotopic (exact) mass is 264 g/mol. The Kier molecular flexibility index (Phi) is 4.82. The Labute approximate surface area is 108 Å². The van der Waals surface area contributed by atoms with E-state index in [1.807, 2.05) is 6.92 Å². The molecule has 6 nitrogen and oxygen atoms in total. The number of carbonyl (C=O) groups excluding carboxylic acids is 2. The van der Waals surface area contributed by atoms with Crippen molar-refractivity contribution in [2.45, 2.75) is 13.8 Å². The van der Waals surface area contributed by atoms with E-state index in [2.05, 4.69) is 4.42 Å². The Bertz CT molecular complexity index is 590. The zero-order chi connectivity index (χ0) is 14.4. The van der Waals surface area contributed by atoms with Gasteiger partial charge < -0.3 is 13.9 Å². The van der Waals surface area contributed by atoms with Crippen LogP contribution >= 0.6 is 0 Å². The van der Waals surface area contributed by atoms with E-state index in [0.29, 0.717) is 23.9 Å². The van der Waals surface area contributed by atoms with Crippen LogP contribution in [0.15, 0.2) is 27.2 Å². The van der Waals surface area contributed by atoms with Crippen LogP contribution in [0.3, 0.4) is 0 Å². The van der Waals surface area contributed by atoms with Crippen LogP contribution in [-0.4, -0.2) is 23.6 Å². The van der Waals surface area contributed by atoms with Gasteiger partial charge in [-0.3, -0.25) is 9.59 Å². The Balaban J connectivity index is 0.000000200. The van der Waals surface area contributed by atoms with E-state index in [1.165, 1.54) is 6.07 Å². The van der Waals surface area contributed by atoms with E-state index in [9.17, 15) is 14.4 Å². The predicted octanol–water partition coefficient (Wildman–Crippen LogP) is 2.50. The van der Waals surface area contributed by atoms with Gasteiger partial charge in [0.2, 0.25) is 5.76 Å². The van der Waals surface area contributed by atoms with Crippen LogP contribution in [0, 0.1) is 13.8 Å². The summed E-state index contributed by atoms with van der Waals surface area (Å²) in [6.45, 7) is 3.44. The third-order valence-corrected chi connectivity index (χ3v) is 2.11. The molecule has 0 saturated heterocycles.